The second-order valence-corrected chi connectivity index (χ2v) is 3.77. The summed E-state index contributed by atoms with van der Waals surface area (Å²) < 4.78 is 0. The largest absolute Gasteiger partial charge is 0.476 e. The molecule has 1 aliphatic heterocycles. The van der Waals surface area contributed by atoms with Gasteiger partial charge in [-0.05, 0) is 0 Å². The fourth-order valence-corrected chi connectivity index (χ4v) is 1.70. The molecule has 0 bridgehead atoms. The van der Waals surface area contributed by atoms with Gasteiger partial charge in [0.2, 0.25) is 5.91 Å². The maximum Gasteiger partial charge on any atom is 0.356 e. The van der Waals surface area contributed by atoms with E-state index in [1.54, 1.807) is 6.08 Å². The van der Waals surface area contributed by atoms with Gasteiger partial charge in [0.05, 0.1) is 12.4 Å². The van der Waals surface area contributed by atoms with Crippen LogP contribution in [-0.2, 0) is 4.79 Å². The Morgan fingerprint density at radius 2 is 2.35 bits per heavy atom. The van der Waals surface area contributed by atoms with Crippen molar-refractivity contribution in [3.05, 3.63) is 30.7 Å². The van der Waals surface area contributed by atoms with Gasteiger partial charge >= 0.3 is 5.97 Å². The highest BCUT2D eigenvalue weighted by Crippen LogP contribution is 2.23. The molecule has 1 aromatic rings. The van der Waals surface area contributed by atoms with E-state index < -0.39 is 5.97 Å². The van der Waals surface area contributed by atoms with Crippen molar-refractivity contribution in [3.63, 3.8) is 0 Å². The fraction of sp³-hybridized carbons (Fsp3) is 0.273. The zero-order valence-corrected chi connectivity index (χ0v) is 9.04. The van der Waals surface area contributed by atoms with Crippen molar-refractivity contribution in [3.8, 4) is 0 Å². The van der Waals surface area contributed by atoms with Gasteiger partial charge in [0, 0.05) is 18.9 Å². The number of rotatable bonds is 3. The molecular formula is C11H11N3O3. The van der Waals surface area contributed by atoms with Crippen LogP contribution >= 0.6 is 0 Å². The predicted octanol–water partition coefficient (Wildman–Crippen LogP) is 0.714. The van der Waals surface area contributed by atoms with Crippen LogP contribution in [0.5, 0.6) is 0 Å². The molecule has 2 rings (SSSR count). The van der Waals surface area contributed by atoms with Crippen LogP contribution in [0.25, 0.3) is 0 Å². The molecule has 0 aliphatic carbocycles. The summed E-state index contributed by atoms with van der Waals surface area (Å²) in [6.45, 7) is 4.11. The Kier molecular flexibility index (Phi) is 2.86. The number of carboxylic acid groups (broad SMARTS) is 1. The molecule has 1 atom stereocenters. The lowest BCUT2D eigenvalue weighted by Crippen LogP contribution is -2.26. The third-order valence-electron chi connectivity index (χ3n) is 2.61. The first-order chi connectivity index (χ1) is 8.11. The molecule has 6 nitrogen and oxygen atoms in total. The van der Waals surface area contributed by atoms with Crippen molar-refractivity contribution in [2.75, 3.05) is 11.4 Å². The normalized spacial score (nSPS) is 19.4. The molecule has 0 spiro atoms. The Labute approximate surface area is 97.6 Å². The number of hydrogen-bond acceptors (Lipinski definition) is 4. The SMILES string of the molecule is C=CC1CC(=O)N(c2cncc(C(=O)O)n2)C1. The Bertz CT molecular complexity index is 487. The molecule has 17 heavy (non-hydrogen) atoms. The molecule has 2 heterocycles. The first kappa shape index (κ1) is 11.3. The Hall–Kier alpha value is -2.24. The van der Waals surface area contributed by atoms with Gasteiger partial charge in [-0.15, -0.1) is 6.58 Å². The first-order valence-corrected chi connectivity index (χ1v) is 5.10. The molecule has 1 aromatic heterocycles. The average Bonchev–Trinajstić information content (AvgIpc) is 2.71. The maximum atomic E-state index is 11.7. The number of amides is 1. The van der Waals surface area contributed by atoms with Crippen LogP contribution in [0.2, 0.25) is 0 Å². The Morgan fingerprint density at radius 1 is 1.59 bits per heavy atom. The molecule has 6 heteroatoms. The highest BCUT2D eigenvalue weighted by molar-refractivity contribution is 5.95. The summed E-state index contributed by atoms with van der Waals surface area (Å²) in [6, 6.07) is 0. The van der Waals surface area contributed by atoms with Crippen molar-refractivity contribution in [1.29, 1.82) is 0 Å². The summed E-state index contributed by atoms with van der Waals surface area (Å²) in [7, 11) is 0. The lowest BCUT2D eigenvalue weighted by atomic mass is 10.1. The highest BCUT2D eigenvalue weighted by Gasteiger charge is 2.30. The summed E-state index contributed by atoms with van der Waals surface area (Å²) in [5, 5.41) is 8.79. The van der Waals surface area contributed by atoms with Gasteiger partial charge in [0.15, 0.2) is 11.5 Å². The smallest absolute Gasteiger partial charge is 0.356 e. The van der Waals surface area contributed by atoms with Gasteiger partial charge in [0.25, 0.3) is 0 Å². The van der Waals surface area contributed by atoms with E-state index in [0.717, 1.165) is 6.20 Å². The van der Waals surface area contributed by atoms with E-state index in [0.29, 0.717) is 13.0 Å². The predicted molar refractivity (Wildman–Crippen MR) is 59.6 cm³/mol. The van der Waals surface area contributed by atoms with E-state index in [2.05, 4.69) is 16.5 Å². The molecule has 1 unspecified atom stereocenters. The van der Waals surface area contributed by atoms with Gasteiger partial charge in [-0.1, -0.05) is 6.08 Å². The molecule has 0 radical (unpaired) electrons. The van der Waals surface area contributed by atoms with Crippen LogP contribution in [0, 0.1) is 5.92 Å². The molecule has 0 saturated carbocycles. The molecule has 1 aliphatic rings. The van der Waals surface area contributed by atoms with Crippen molar-refractivity contribution in [1.82, 2.24) is 9.97 Å². The van der Waals surface area contributed by atoms with Crippen LogP contribution in [-0.4, -0.2) is 33.5 Å². The van der Waals surface area contributed by atoms with E-state index in [1.165, 1.54) is 11.1 Å². The summed E-state index contributed by atoms with van der Waals surface area (Å²) in [6.07, 6.45) is 4.63. The van der Waals surface area contributed by atoms with E-state index >= 15 is 0 Å². The second-order valence-electron chi connectivity index (χ2n) is 3.77. The molecule has 1 N–H and O–H groups in total. The van der Waals surface area contributed by atoms with Crippen molar-refractivity contribution in [2.24, 2.45) is 5.92 Å². The standard InChI is InChI=1S/C11H11N3O3/c1-2-7-3-10(15)14(6-7)9-5-12-4-8(13-9)11(16)17/h2,4-5,7H,1,3,6H2,(H,16,17). The molecule has 0 aromatic carbocycles. The second kappa shape index (κ2) is 4.32. The maximum absolute atomic E-state index is 11.7. The Morgan fingerprint density at radius 3 is 2.94 bits per heavy atom. The summed E-state index contributed by atoms with van der Waals surface area (Å²) in [5.41, 5.74) is -0.169. The number of carbonyl (C=O) groups excluding carboxylic acids is 1. The minimum atomic E-state index is -1.16. The number of carbonyl (C=O) groups is 2. The van der Waals surface area contributed by atoms with Crippen LogP contribution in [0.3, 0.4) is 0 Å². The lowest BCUT2D eigenvalue weighted by Gasteiger charge is -2.14. The van der Waals surface area contributed by atoms with E-state index in [-0.39, 0.29) is 23.3 Å². The zero-order chi connectivity index (χ0) is 12.4. The molecular weight excluding hydrogens is 222 g/mol. The van der Waals surface area contributed by atoms with Crippen molar-refractivity contribution >= 4 is 17.7 Å². The van der Waals surface area contributed by atoms with Gasteiger partial charge < -0.3 is 5.11 Å². The van der Waals surface area contributed by atoms with Crippen LogP contribution in [0.1, 0.15) is 16.9 Å². The number of nitrogens with zero attached hydrogens (tertiary/aromatic N) is 3. The van der Waals surface area contributed by atoms with E-state index in [4.69, 9.17) is 5.11 Å². The molecule has 1 amide bonds. The molecule has 88 valence electrons. The summed E-state index contributed by atoms with van der Waals surface area (Å²) in [5.74, 6) is -0.893. The first-order valence-electron chi connectivity index (χ1n) is 5.10. The lowest BCUT2D eigenvalue weighted by molar-refractivity contribution is -0.117. The minimum Gasteiger partial charge on any atom is -0.476 e. The number of aromatic nitrogens is 2. The average molecular weight is 233 g/mol. The van der Waals surface area contributed by atoms with Gasteiger partial charge in [-0.25, -0.2) is 9.78 Å². The van der Waals surface area contributed by atoms with Gasteiger partial charge in [-0.3, -0.25) is 14.7 Å². The molecule has 1 fully saturated rings. The number of hydrogen-bond donors (Lipinski definition) is 1. The summed E-state index contributed by atoms with van der Waals surface area (Å²) >= 11 is 0. The van der Waals surface area contributed by atoms with Gasteiger partial charge in [-0.2, -0.15) is 0 Å². The van der Waals surface area contributed by atoms with Crippen molar-refractivity contribution in [2.45, 2.75) is 6.42 Å². The van der Waals surface area contributed by atoms with Crippen LogP contribution in [0.15, 0.2) is 25.0 Å². The number of anilines is 1. The van der Waals surface area contributed by atoms with Crippen molar-refractivity contribution < 1.29 is 14.7 Å². The quantitative estimate of drug-likeness (QED) is 0.777. The van der Waals surface area contributed by atoms with E-state index in [1.807, 2.05) is 0 Å². The van der Waals surface area contributed by atoms with Crippen LogP contribution in [0.4, 0.5) is 5.82 Å². The minimum absolute atomic E-state index is 0.0813. The Balaban J connectivity index is 2.28. The topological polar surface area (TPSA) is 83.4 Å². The molecule has 1 saturated heterocycles. The van der Waals surface area contributed by atoms with Gasteiger partial charge in [0.1, 0.15) is 0 Å². The zero-order valence-electron chi connectivity index (χ0n) is 9.04. The number of aromatic carboxylic acids is 1. The fourth-order valence-electron chi connectivity index (χ4n) is 1.70. The highest BCUT2D eigenvalue weighted by atomic mass is 16.4. The third-order valence-corrected chi connectivity index (χ3v) is 2.61. The third kappa shape index (κ3) is 2.15. The number of carboxylic acids is 1. The van der Waals surface area contributed by atoms with Crippen LogP contribution < -0.4 is 4.90 Å². The monoisotopic (exact) mass is 233 g/mol. The van der Waals surface area contributed by atoms with E-state index in [9.17, 15) is 9.59 Å². The summed E-state index contributed by atoms with van der Waals surface area (Å²) in [4.78, 5) is 31.5.